The van der Waals surface area contributed by atoms with Crippen molar-refractivity contribution in [2.24, 2.45) is 5.41 Å². The SMILES string of the molecule is CCOC(=O)C1(CNc2ncc(Cl)cc2[N+](=O)[O-])CCCC1. The van der Waals surface area contributed by atoms with Crippen LogP contribution >= 0.6 is 11.6 Å². The Hall–Kier alpha value is -1.89. The first-order valence-electron chi connectivity index (χ1n) is 7.19. The molecule has 8 heteroatoms. The monoisotopic (exact) mass is 327 g/mol. The highest BCUT2D eigenvalue weighted by molar-refractivity contribution is 6.30. The van der Waals surface area contributed by atoms with Crippen molar-refractivity contribution in [2.45, 2.75) is 32.6 Å². The van der Waals surface area contributed by atoms with Crippen molar-refractivity contribution in [3.63, 3.8) is 0 Å². The molecule has 1 aromatic rings. The van der Waals surface area contributed by atoms with Gasteiger partial charge in [0.15, 0.2) is 0 Å². The van der Waals surface area contributed by atoms with Crippen LogP contribution in [0.5, 0.6) is 0 Å². The molecule has 1 saturated carbocycles. The van der Waals surface area contributed by atoms with Gasteiger partial charge in [0.05, 0.1) is 22.0 Å². The Labute approximate surface area is 133 Å². The van der Waals surface area contributed by atoms with Gasteiger partial charge in [-0.05, 0) is 19.8 Å². The second-order valence-electron chi connectivity index (χ2n) is 5.34. The summed E-state index contributed by atoms with van der Waals surface area (Å²) in [5.74, 6) is -0.137. The Kier molecular flexibility index (Phi) is 5.18. The molecule has 0 bridgehead atoms. The lowest BCUT2D eigenvalue weighted by Gasteiger charge is -2.26. The van der Waals surface area contributed by atoms with Gasteiger partial charge in [-0.3, -0.25) is 14.9 Å². The Bertz CT molecular complexity index is 573. The van der Waals surface area contributed by atoms with Crippen molar-refractivity contribution in [3.05, 3.63) is 27.4 Å². The molecule has 1 N–H and O–H groups in total. The van der Waals surface area contributed by atoms with Gasteiger partial charge < -0.3 is 10.1 Å². The van der Waals surface area contributed by atoms with E-state index in [1.807, 2.05) is 0 Å². The number of anilines is 1. The zero-order valence-corrected chi connectivity index (χ0v) is 13.1. The van der Waals surface area contributed by atoms with Crippen LogP contribution in [0.1, 0.15) is 32.6 Å². The molecule has 2 rings (SSSR count). The summed E-state index contributed by atoms with van der Waals surface area (Å²) in [7, 11) is 0. The number of rotatable bonds is 6. The fraction of sp³-hybridized carbons (Fsp3) is 0.571. The third-order valence-electron chi connectivity index (χ3n) is 3.89. The zero-order chi connectivity index (χ0) is 16.2. The van der Waals surface area contributed by atoms with Crippen LogP contribution in [0, 0.1) is 15.5 Å². The number of esters is 1. The van der Waals surface area contributed by atoms with E-state index < -0.39 is 10.3 Å². The largest absolute Gasteiger partial charge is 0.466 e. The molecule has 1 aliphatic carbocycles. The summed E-state index contributed by atoms with van der Waals surface area (Å²) in [5.41, 5.74) is -0.838. The minimum Gasteiger partial charge on any atom is -0.466 e. The first-order chi connectivity index (χ1) is 10.5. The summed E-state index contributed by atoms with van der Waals surface area (Å²) in [6.07, 6.45) is 4.64. The third-order valence-corrected chi connectivity index (χ3v) is 4.10. The number of nitro groups is 1. The zero-order valence-electron chi connectivity index (χ0n) is 12.3. The predicted molar refractivity (Wildman–Crippen MR) is 81.9 cm³/mol. The molecule has 22 heavy (non-hydrogen) atoms. The Morgan fingerprint density at radius 2 is 2.23 bits per heavy atom. The van der Waals surface area contributed by atoms with Gasteiger partial charge in [-0.1, -0.05) is 24.4 Å². The number of carbonyl (C=O) groups excluding carboxylic acids is 1. The predicted octanol–water partition coefficient (Wildman–Crippen LogP) is 3.18. The highest BCUT2D eigenvalue weighted by atomic mass is 35.5. The highest BCUT2D eigenvalue weighted by Crippen LogP contribution is 2.40. The van der Waals surface area contributed by atoms with E-state index in [1.165, 1.54) is 12.3 Å². The molecular weight excluding hydrogens is 310 g/mol. The van der Waals surface area contributed by atoms with Crippen LogP contribution in [0.3, 0.4) is 0 Å². The standard InChI is InChI=1S/C14H18ClN3O4/c1-2-22-13(19)14(5-3-4-6-14)9-17-12-11(18(20)21)7-10(15)8-16-12/h7-8H,2-6,9H2,1H3,(H,16,17). The van der Waals surface area contributed by atoms with Crippen molar-refractivity contribution >= 4 is 29.1 Å². The highest BCUT2D eigenvalue weighted by Gasteiger charge is 2.42. The van der Waals surface area contributed by atoms with Crippen molar-refractivity contribution in [1.29, 1.82) is 0 Å². The number of nitrogens with zero attached hydrogens (tertiary/aromatic N) is 2. The number of pyridine rings is 1. The lowest BCUT2D eigenvalue weighted by atomic mass is 9.86. The van der Waals surface area contributed by atoms with Gasteiger partial charge in [-0.2, -0.15) is 0 Å². The van der Waals surface area contributed by atoms with E-state index in [0.717, 1.165) is 12.8 Å². The second-order valence-corrected chi connectivity index (χ2v) is 5.78. The number of carbonyl (C=O) groups is 1. The first-order valence-corrected chi connectivity index (χ1v) is 7.57. The molecule has 0 atom stereocenters. The molecule has 0 aliphatic heterocycles. The van der Waals surface area contributed by atoms with Gasteiger partial charge in [0.1, 0.15) is 0 Å². The molecule has 0 amide bonds. The van der Waals surface area contributed by atoms with Crippen molar-refractivity contribution in [1.82, 2.24) is 4.98 Å². The van der Waals surface area contributed by atoms with Gasteiger partial charge in [0.25, 0.3) is 0 Å². The van der Waals surface area contributed by atoms with E-state index in [-0.39, 0.29) is 29.0 Å². The average molecular weight is 328 g/mol. The van der Waals surface area contributed by atoms with Gasteiger partial charge in [0, 0.05) is 18.8 Å². The number of hydrogen-bond acceptors (Lipinski definition) is 6. The molecule has 1 fully saturated rings. The second kappa shape index (κ2) is 6.91. The van der Waals surface area contributed by atoms with Gasteiger partial charge in [-0.25, -0.2) is 4.98 Å². The summed E-state index contributed by atoms with van der Waals surface area (Å²) in [6.45, 7) is 2.35. The van der Waals surface area contributed by atoms with Crippen LogP contribution in [-0.4, -0.2) is 29.0 Å². The number of ether oxygens (including phenoxy) is 1. The molecule has 0 radical (unpaired) electrons. The minimum absolute atomic E-state index is 0.116. The molecular formula is C14H18ClN3O4. The van der Waals surface area contributed by atoms with E-state index in [2.05, 4.69) is 10.3 Å². The Balaban J connectivity index is 2.17. The Morgan fingerprint density at radius 3 is 2.82 bits per heavy atom. The Morgan fingerprint density at radius 1 is 1.55 bits per heavy atom. The lowest BCUT2D eigenvalue weighted by molar-refractivity contribution is -0.384. The van der Waals surface area contributed by atoms with Crippen LogP contribution in [0.15, 0.2) is 12.3 Å². The fourth-order valence-corrected chi connectivity index (χ4v) is 2.90. The molecule has 1 heterocycles. The quantitative estimate of drug-likeness (QED) is 0.490. The average Bonchev–Trinajstić information content (AvgIpc) is 2.96. The smallest absolute Gasteiger partial charge is 0.313 e. The maximum Gasteiger partial charge on any atom is 0.313 e. The van der Waals surface area contributed by atoms with Crippen molar-refractivity contribution in [3.8, 4) is 0 Å². The lowest BCUT2D eigenvalue weighted by Crippen LogP contribution is -2.37. The number of aromatic nitrogens is 1. The van der Waals surface area contributed by atoms with Gasteiger partial charge in [0.2, 0.25) is 5.82 Å². The maximum absolute atomic E-state index is 12.2. The maximum atomic E-state index is 12.2. The van der Waals surface area contributed by atoms with Crippen LogP contribution in [0.2, 0.25) is 5.02 Å². The molecule has 120 valence electrons. The van der Waals surface area contributed by atoms with Crippen LogP contribution in [0.4, 0.5) is 11.5 Å². The topological polar surface area (TPSA) is 94.4 Å². The van der Waals surface area contributed by atoms with Gasteiger partial charge >= 0.3 is 11.7 Å². The van der Waals surface area contributed by atoms with Gasteiger partial charge in [-0.15, -0.1) is 0 Å². The van der Waals surface area contributed by atoms with Crippen LogP contribution in [-0.2, 0) is 9.53 Å². The van der Waals surface area contributed by atoms with Crippen LogP contribution < -0.4 is 5.32 Å². The summed E-state index contributed by atoms with van der Waals surface area (Å²) in [6, 6.07) is 1.24. The van der Waals surface area contributed by atoms with E-state index in [1.54, 1.807) is 6.92 Å². The van der Waals surface area contributed by atoms with Crippen molar-refractivity contribution < 1.29 is 14.5 Å². The first kappa shape index (κ1) is 16.5. The molecule has 1 aromatic heterocycles. The van der Waals surface area contributed by atoms with E-state index in [0.29, 0.717) is 19.4 Å². The molecule has 0 unspecified atom stereocenters. The summed E-state index contributed by atoms with van der Waals surface area (Å²) >= 11 is 5.74. The number of nitrogens with one attached hydrogen (secondary N) is 1. The summed E-state index contributed by atoms with van der Waals surface area (Å²) in [4.78, 5) is 26.7. The molecule has 0 saturated heterocycles. The molecule has 7 nitrogen and oxygen atoms in total. The van der Waals surface area contributed by atoms with E-state index >= 15 is 0 Å². The molecule has 0 spiro atoms. The van der Waals surface area contributed by atoms with Crippen LogP contribution in [0.25, 0.3) is 0 Å². The number of halogens is 1. The van der Waals surface area contributed by atoms with E-state index in [4.69, 9.17) is 16.3 Å². The normalized spacial score (nSPS) is 16.3. The number of hydrogen-bond donors (Lipinski definition) is 1. The van der Waals surface area contributed by atoms with Crippen molar-refractivity contribution in [2.75, 3.05) is 18.5 Å². The summed E-state index contributed by atoms with van der Waals surface area (Å²) in [5, 5.41) is 14.2. The summed E-state index contributed by atoms with van der Waals surface area (Å²) < 4.78 is 5.16. The molecule has 1 aliphatic rings. The minimum atomic E-state index is -0.634. The third kappa shape index (κ3) is 3.47. The fourth-order valence-electron chi connectivity index (χ4n) is 2.75. The molecule has 0 aromatic carbocycles. The van der Waals surface area contributed by atoms with E-state index in [9.17, 15) is 14.9 Å².